The van der Waals surface area contributed by atoms with Gasteiger partial charge in [0.2, 0.25) is 12.5 Å². The molecule has 2 unspecified atom stereocenters. The second kappa shape index (κ2) is 6.82. The van der Waals surface area contributed by atoms with Gasteiger partial charge in [-0.05, 0) is 31.2 Å². The van der Waals surface area contributed by atoms with Crippen LogP contribution in [0.5, 0.6) is 23.0 Å². The Morgan fingerprint density at radius 1 is 1.23 bits per heavy atom. The van der Waals surface area contributed by atoms with Crippen LogP contribution in [0.2, 0.25) is 0 Å². The summed E-state index contributed by atoms with van der Waals surface area (Å²) >= 11 is 0. The van der Waals surface area contributed by atoms with Crippen molar-refractivity contribution in [1.29, 1.82) is 5.26 Å². The Morgan fingerprint density at radius 3 is 2.80 bits per heavy atom. The molecule has 0 spiro atoms. The normalized spacial score (nSPS) is 21.5. The van der Waals surface area contributed by atoms with Crippen LogP contribution in [0.15, 0.2) is 18.2 Å². The van der Waals surface area contributed by atoms with Crippen LogP contribution in [0.3, 0.4) is 0 Å². The molecule has 0 bridgehead atoms. The molecule has 8 heteroatoms. The smallest absolute Gasteiger partial charge is 0.340 e. The fraction of sp³-hybridized carbons (Fsp3) is 0.364. The average Bonchev–Trinajstić information content (AvgIpc) is 3.35. The number of nitrogens with zero attached hydrogens (tertiary/aromatic N) is 2. The van der Waals surface area contributed by atoms with Crippen molar-refractivity contribution < 1.29 is 28.5 Å². The van der Waals surface area contributed by atoms with Crippen LogP contribution in [0, 0.1) is 11.3 Å². The summed E-state index contributed by atoms with van der Waals surface area (Å²) in [5.74, 6) is 1.65. The molecule has 2 atom stereocenters. The number of nitriles is 1. The second-order valence-electron chi connectivity index (χ2n) is 7.44. The number of hydrogen-bond acceptors (Lipinski definition) is 8. The predicted molar refractivity (Wildman–Crippen MR) is 104 cm³/mol. The van der Waals surface area contributed by atoms with E-state index in [9.17, 15) is 10.1 Å². The van der Waals surface area contributed by atoms with Crippen LogP contribution < -0.4 is 18.9 Å². The molecule has 5 rings (SSSR count). The highest BCUT2D eigenvalue weighted by molar-refractivity contribution is 5.97. The van der Waals surface area contributed by atoms with Crippen molar-refractivity contribution >= 4 is 5.97 Å². The van der Waals surface area contributed by atoms with Gasteiger partial charge >= 0.3 is 5.97 Å². The first-order valence-electron chi connectivity index (χ1n) is 9.60. The molecule has 2 aromatic carbocycles. The zero-order valence-electron chi connectivity index (χ0n) is 16.9. The van der Waals surface area contributed by atoms with Crippen molar-refractivity contribution in [3.8, 4) is 29.1 Å². The van der Waals surface area contributed by atoms with Crippen molar-refractivity contribution in [3.63, 3.8) is 0 Å². The molecule has 3 aliphatic rings. The summed E-state index contributed by atoms with van der Waals surface area (Å²) < 4.78 is 28.1. The first kappa shape index (κ1) is 18.6. The van der Waals surface area contributed by atoms with E-state index in [1.807, 2.05) is 13.1 Å². The van der Waals surface area contributed by atoms with Crippen molar-refractivity contribution in [3.05, 3.63) is 46.0 Å². The monoisotopic (exact) mass is 408 g/mol. The van der Waals surface area contributed by atoms with Gasteiger partial charge in [0.25, 0.3) is 0 Å². The third-order valence-corrected chi connectivity index (χ3v) is 6.01. The van der Waals surface area contributed by atoms with Crippen LogP contribution >= 0.6 is 0 Å². The number of fused-ring (bicyclic) bond motifs is 3. The summed E-state index contributed by atoms with van der Waals surface area (Å²) in [5.41, 5.74) is 3.11. The van der Waals surface area contributed by atoms with Crippen molar-refractivity contribution in [2.45, 2.75) is 18.6 Å². The van der Waals surface area contributed by atoms with Gasteiger partial charge in [0.1, 0.15) is 23.5 Å². The Morgan fingerprint density at radius 2 is 2.07 bits per heavy atom. The van der Waals surface area contributed by atoms with E-state index in [1.54, 1.807) is 19.2 Å². The topological polar surface area (TPSA) is 90.2 Å². The number of esters is 1. The molecular formula is C22H20N2O6. The second-order valence-corrected chi connectivity index (χ2v) is 7.44. The van der Waals surface area contributed by atoms with Crippen LogP contribution in [0.25, 0.3) is 0 Å². The minimum Gasteiger partial charge on any atom is -0.495 e. The first-order chi connectivity index (χ1) is 14.6. The molecule has 30 heavy (non-hydrogen) atoms. The molecule has 3 heterocycles. The van der Waals surface area contributed by atoms with Crippen molar-refractivity contribution in [1.82, 2.24) is 4.90 Å². The average molecular weight is 408 g/mol. The third kappa shape index (κ3) is 2.45. The number of cyclic esters (lactones) is 1. The molecule has 3 aliphatic heterocycles. The Kier molecular flexibility index (Phi) is 4.22. The summed E-state index contributed by atoms with van der Waals surface area (Å²) in [7, 11) is 5.05. The van der Waals surface area contributed by atoms with Crippen molar-refractivity contribution in [2.75, 3.05) is 34.6 Å². The molecule has 0 saturated carbocycles. The van der Waals surface area contributed by atoms with E-state index in [-0.39, 0.29) is 24.0 Å². The van der Waals surface area contributed by atoms with E-state index < -0.39 is 12.1 Å². The number of ether oxygens (including phenoxy) is 5. The third-order valence-electron chi connectivity index (χ3n) is 6.01. The van der Waals surface area contributed by atoms with Crippen LogP contribution in [0.1, 0.15) is 44.8 Å². The molecule has 0 radical (unpaired) electrons. The number of methoxy groups -OCH3 is 2. The van der Waals surface area contributed by atoms with Gasteiger partial charge in [0.05, 0.1) is 25.8 Å². The highest BCUT2D eigenvalue weighted by Crippen LogP contribution is 2.54. The van der Waals surface area contributed by atoms with E-state index in [0.717, 1.165) is 24.1 Å². The highest BCUT2D eigenvalue weighted by atomic mass is 16.7. The highest BCUT2D eigenvalue weighted by Gasteiger charge is 2.45. The quantitative estimate of drug-likeness (QED) is 0.716. The maximum Gasteiger partial charge on any atom is 0.340 e. The minimum atomic E-state index is -0.594. The molecule has 0 N–H and O–H groups in total. The Labute approximate surface area is 173 Å². The van der Waals surface area contributed by atoms with Gasteiger partial charge in [-0.3, -0.25) is 4.90 Å². The van der Waals surface area contributed by atoms with Gasteiger partial charge in [-0.15, -0.1) is 0 Å². The zero-order chi connectivity index (χ0) is 21.0. The number of hydrogen-bond donors (Lipinski definition) is 0. The summed E-state index contributed by atoms with van der Waals surface area (Å²) in [6, 6.07) is 7.26. The Bertz CT molecular complexity index is 1110. The zero-order valence-corrected chi connectivity index (χ0v) is 16.9. The van der Waals surface area contributed by atoms with E-state index in [0.29, 0.717) is 28.6 Å². The van der Waals surface area contributed by atoms with Gasteiger partial charge < -0.3 is 23.7 Å². The van der Waals surface area contributed by atoms with E-state index in [4.69, 9.17) is 23.7 Å². The summed E-state index contributed by atoms with van der Waals surface area (Å²) in [6.07, 6.45) is 0.207. The number of carbonyl (C=O) groups is 1. The predicted octanol–water partition coefficient (Wildman–Crippen LogP) is 2.74. The SMILES string of the molecule is COc1ccc2c(c1C#N)C(=O)OC2C1c2c(cc3c(c2OC)OCO3)CCN1C. The molecule has 8 nitrogen and oxygen atoms in total. The lowest BCUT2D eigenvalue weighted by atomic mass is 9.85. The van der Waals surface area contributed by atoms with Crippen LogP contribution in [-0.2, 0) is 11.2 Å². The summed E-state index contributed by atoms with van der Waals surface area (Å²) in [6.45, 7) is 0.909. The molecule has 0 aromatic heterocycles. The number of carbonyl (C=O) groups excluding carboxylic acids is 1. The summed E-state index contributed by atoms with van der Waals surface area (Å²) in [4.78, 5) is 14.9. The lowest BCUT2D eigenvalue weighted by Crippen LogP contribution is -2.36. The number of likely N-dealkylation sites (N-methyl/N-ethyl adjacent to an activating group) is 1. The number of rotatable bonds is 3. The Balaban J connectivity index is 1.70. The van der Waals surface area contributed by atoms with Crippen LogP contribution in [0.4, 0.5) is 0 Å². The molecule has 0 fully saturated rings. The van der Waals surface area contributed by atoms with Crippen molar-refractivity contribution in [2.24, 2.45) is 0 Å². The van der Waals surface area contributed by atoms with Gasteiger partial charge in [0.15, 0.2) is 11.5 Å². The van der Waals surface area contributed by atoms with Crippen LogP contribution in [-0.4, -0.2) is 45.5 Å². The maximum atomic E-state index is 12.8. The molecule has 0 amide bonds. The fourth-order valence-corrected chi connectivity index (χ4v) is 4.66. The largest absolute Gasteiger partial charge is 0.495 e. The van der Waals surface area contributed by atoms with E-state index in [2.05, 4.69) is 11.0 Å². The summed E-state index contributed by atoms with van der Waals surface area (Å²) in [5, 5.41) is 9.63. The molecule has 0 aliphatic carbocycles. The molecule has 154 valence electrons. The molecule has 0 saturated heterocycles. The first-order valence-corrected chi connectivity index (χ1v) is 9.60. The number of benzene rings is 2. The van der Waals surface area contributed by atoms with Gasteiger partial charge in [-0.25, -0.2) is 4.79 Å². The van der Waals surface area contributed by atoms with Gasteiger partial charge in [0, 0.05) is 17.7 Å². The fourth-order valence-electron chi connectivity index (χ4n) is 4.66. The van der Waals surface area contributed by atoms with Gasteiger partial charge in [-0.1, -0.05) is 6.07 Å². The standard InChI is InChI=1S/C22H20N2O6/c1-24-7-6-11-8-15-20(29-10-28-15)21(27-3)16(11)18(24)19-12-4-5-14(26-2)13(9-23)17(12)22(25)30-19/h4-5,8,18-19H,6-7,10H2,1-3H3. The minimum absolute atomic E-state index is 0.141. The lowest BCUT2D eigenvalue weighted by molar-refractivity contribution is 0.00881. The van der Waals surface area contributed by atoms with E-state index >= 15 is 0 Å². The lowest BCUT2D eigenvalue weighted by Gasteiger charge is -2.38. The molecule has 2 aromatic rings. The van der Waals surface area contributed by atoms with E-state index in [1.165, 1.54) is 7.11 Å². The maximum absolute atomic E-state index is 12.8. The van der Waals surface area contributed by atoms with Gasteiger partial charge in [-0.2, -0.15) is 5.26 Å². The molecular weight excluding hydrogens is 388 g/mol. The Hall–Kier alpha value is -3.44.